The largest absolute Gasteiger partial charge is 0.495 e. The average molecular weight is 325 g/mol. The van der Waals surface area contributed by atoms with Gasteiger partial charge in [-0.25, -0.2) is 9.18 Å². The first-order chi connectivity index (χ1) is 10.5. The van der Waals surface area contributed by atoms with Crippen LogP contribution in [0.3, 0.4) is 0 Å². The minimum atomic E-state index is -0.660. The van der Waals surface area contributed by atoms with Gasteiger partial charge in [0.2, 0.25) is 0 Å². The lowest BCUT2D eigenvalue weighted by Crippen LogP contribution is -2.04. The minimum Gasteiger partial charge on any atom is -0.495 e. The van der Waals surface area contributed by atoms with Crippen LogP contribution in [0.5, 0.6) is 11.5 Å². The van der Waals surface area contributed by atoms with Crippen LogP contribution in [0.4, 0.5) is 4.39 Å². The van der Waals surface area contributed by atoms with Gasteiger partial charge in [0, 0.05) is 5.56 Å². The van der Waals surface area contributed by atoms with Gasteiger partial charge in [-0.05, 0) is 29.8 Å². The number of ether oxygens (including phenoxy) is 3. The Hall–Kier alpha value is -2.27. The highest BCUT2D eigenvalue weighted by Gasteiger charge is 2.18. The molecule has 0 saturated heterocycles. The number of benzene rings is 2. The van der Waals surface area contributed by atoms with Crippen molar-refractivity contribution in [1.29, 1.82) is 0 Å². The van der Waals surface area contributed by atoms with E-state index in [0.29, 0.717) is 21.9 Å². The van der Waals surface area contributed by atoms with Crippen LogP contribution in [0.15, 0.2) is 30.3 Å². The molecule has 0 aromatic heterocycles. The molecule has 116 valence electrons. The van der Waals surface area contributed by atoms with Gasteiger partial charge >= 0.3 is 5.97 Å². The molecular weight excluding hydrogens is 311 g/mol. The number of hydrogen-bond acceptors (Lipinski definition) is 4. The maximum atomic E-state index is 14.1. The number of esters is 1. The second-order valence-electron chi connectivity index (χ2n) is 4.38. The van der Waals surface area contributed by atoms with Crippen LogP contribution in [0, 0.1) is 5.82 Å². The van der Waals surface area contributed by atoms with Gasteiger partial charge in [-0.2, -0.15) is 0 Å². The fourth-order valence-corrected chi connectivity index (χ4v) is 2.34. The van der Waals surface area contributed by atoms with Crippen molar-refractivity contribution in [2.75, 3.05) is 21.3 Å². The second kappa shape index (κ2) is 6.66. The lowest BCUT2D eigenvalue weighted by molar-refractivity contribution is 0.0600. The second-order valence-corrected chi connectivity index (χ2v) is 4.79. The number of carbonyl (C=O) groups excluding carboxylic acids is 1. The Labute approximate surface area is 132 Å². The summed E-state index contributed by atoms with van der Waals surface area (Å²) in [6.07, 6.45) is 0. The van der Waals surface area contributed by atoms with Crippen LogP contribution < -0.4 is 9.47 Å². The first-order valence-electron chi connectivity index (χ1n) is 6.31. The van der Waals surface area contributed by atoms with Crippen LogP contribution in [-0.2, 0) is 4.74 Å². The fourth-order valence-electron chi connectivity index (χ4n) is 2.08. The molecule has 0 aliphatic heterocycles. The molecule has 0 amide bonds. The Morgan fingerprint density at radius 3 is 2.36 bits per heavy atom. The van der Waals surface area contributed by atoms with Crippen molar-refractivity contribution in [3.05, 3.63) is 46.7 Å². The van der Waals surface area contributed by atoms with E-state index >= 15 is 0 Å². The monoisotopic (exact) mass is 324 g/mol. The lowest BCUT2D eigenvalue weighted by Gasteiger charge is -2.13. The molecule has 0 heterocycles. The third-order valence-electron chi connectivity index (χ3n) is 3.13. The van der Waals surface area contributed by atoms with E-state index in [1.807, 2.05) is 0 Å². The maximum Gasteiger partial charge on any atom is 0.337 e. The average Bonchev–Trinajstić information content (AvgIpc) is 2.53. The molecule has 0 bridgehead atoms. The fraction of sp³-hybridized carbons (Fsp3) is 0.188. The smallest absolute Gasteiger partial charge is 0.337 e. The van der Waals surface area contributed by atoms with Crippen molar-refractivity contribution in [2.24, 2.45) is 0 Å². The molecule has 22 heavy (non-hydrogen) atoms. The number of carbonyl (C=O) groups is 1. The molecule has 0 fully saturated rings. The predicted octanol–water partition coefficient (Wildman–Crippen LogP) is 3.95. The van der Waals surface area contributed by atoms with Crippen molar-refractivity contribution in [3.63, 3.8) is 0 Å². The quantitative estimate of drug-likeness (QED) is 0.799. The van der Waals surface area contributed by atoms with E-state index in [4.69, 9.17) is 21.1 Å². The summed E-state index contributed by atoms with van der Waals surface area (Å²) < 4.78 is 29.0. The van der Waals surface area contributed by atoms with Crippen molar-refractivity contribution in [3.8, 4) is 22.6 Å². The van der Waals surface area contributed by atoms with Gasteiger partial charge < -0.3 is 14.2 Å². The number of hydrogen-bond donors (Lipinski definition) is 0. The molecule has 0 aliphatic carbocycles. The first kappa shape index (κ1) is 16.1. The summed E-state index contributed by atoms with van der Waals surface area (Å²) >= 11 is 6.09. The van der Waals surface area contributed by atoms with Crippen molar-refractivity contribution in [2.45, 2.75) is 0 Å². The van der Waals surface area contributed by atoms with Crippen LogP contribution in [0.2, 0.25) is 5.02 Å². The molecule has 0 saturated carbocycles. The van der Waals surface area contributed by atoms with E-state index in [1.165, 1.54) is 27.4 Å². The number of halogens is 2. The van der Waals surface area contributed by atoms with Crippen molar-refractivity contribution < 1.29 is 23.4 Å². The van der Waals surface area contributed by atoms with Crippen LogP contribution in [-0.4, -0.2) is 27.3 Å². The van der Waals surface area contributed by atoms with Gasteiger partial charge in [-0.1, -0.05) is 17.7 Å². The Morgan fingerprint density at radius 1 is 1.09 bits per heavy atom. The summed E-state index contributed by atoms with van der Waals surface area (Å²) in [5, 5.41) is 0.367. The predicted molar refractivity (Wildman–Crippen MR) is 81.3 cm³/mol. The van der Waals surface area contributed by atoms with E-state index < -0.39 is 11.8 Å². The molecular formula is C16H14ClFO4. The molecule has 0 atom stereocenters. The molecule has 6 heteroatoms. The molecule has 2 aromatic rings. The summed E-state index contributed by atoms with van der Waals surface area (Å²) in [6.45, 7) is 0. The van der Waals surface area contributed by atoms with Crippen LogP contribution in [0.1, 0.15) is 10.4 Å². The molecule has 0 unspecified atom stereocenters. The van der Waals surface area contributed by atoms with E-state index in [-0.39, 0.29) is 11.3 Å². The van der Waals surface area contributed by atoms with E-state index in [1.54, 1.807) is 18.2 Å². The molecule has 2 rings (SSSR count). The van der Waals surface area contributed by atoms with Gasteiger partial charge in [-0.3, -0.25) is 0 Å². The topological polar surface area (TPSA) is 44.8 Å². The normalized spacial score (nSPS) is 10.2. The van der Waals surface area contributed by atoms with Crippen LogP contribution >= 0.6 is 11.6 Å². The van der Waals surface area contributed by atoms with Gasteiger partial charge in [0.25, 0.3) is 0 Å². The molecule has 0 spiro atoms. The highest BCUT2D eigenvalue weighted by molar-refractivity contribution is 6.32. The molecule has 0 aliphatic rings. The Bertz CT molecular complexity index is 716. The summed E-state index contributed by atoms with van der Waals surface area (Å²) in [7, 11) is 4.08. The standard InChI is InChI=1S/C16H14ClFO4/c1-20-14-5-4-9(7-12(14)17)11-6-10(16(19)22-3)8-13(18)15(11)21-2/h4-8H,1-3H3. The van der Waals surface area contributed by atoms with Gasteiger partial charge in [0.05, 0.1) is 31.9 Å². The summed E-state index contributed by atoms with van der Waals surface area (Å²) in [6, 6.07) is 7.52. The van der Waals surface area contributed by atoms with Crippen molar-refractivity contribution in [1.82, 2.24) is 0 Å². The van der Waals surface area contributed by atoms with E-state index in [0.717, 1.165) is 6.07 Å². The Morgan fingerprint density at radius 2 is 1.82 bits per heavy atom. The summed E-state index contributed by atoms with van der Waals surface area (Å²) in [4.78, 5) is 11.6. The molecule has 0 radical (unpaired) electrons. The SMILES string of the molecule is COC(=O)c1cc(F)c(OC)c(-c2ccc(OC)c(Cl)c2)c1. The Kier molecular flexibility index (Phi) is 4.88. The molecule has 4 nitrogen and oxygen atoms in total. The zero-order valence-corrected chi connectivity index (χ0v) is 13.0. The highest BCUT2D eigenvalue weighted by atomic mass is 35.5. The maximum absolute atomic E-state index is 14.1. The summed E-state index contributed by atoms with van der Waals surface area (Å²) in [5.41, 5.74) is 1.07. The minimum absolute atomic E-state index is 0.0221. The highest BCUT2D eigenvalue weighted by Crippen LogP contribution is 2.37. The number of rotatable bonds is 4. The van der Waals surface area contributed by atoms with Gasteiger partial charge in [-0.15, -0.1) is 0 Å². The van der Waals surface area contributed by atoms with Crippen LogP contribution in [0.25, 0.3) is 11.1 Å². The number of methoxy groups -OCH3 is 3. The van der Waals surface area contributed by atoms with Crippen molar-refractivity contribution >= 4 is 17.6 Å². The summed E-state index contributed by atoms with van der Waals surface area (Å²) in [5.74, 6) is -0.780. The third-order valence-corrected chi connectivity index (χ3v) is 3.43. The zero-order chi connectivity index (χ0) is 16.3. The van der Waals surface area contributed by atoms with E-state index in [9.17, 15) is 9.18 Å². The molecule has 2 aromatic carbocycles. The lowest BCUT2D eigenvalue weighted by atomic mass is 10.0. The van der Waals surface area contributed by atoms with E-state index in [2.05, 4.69) is 4.74 Å². The third kappa shape index (κ3) is 2.99. The first-order valence-corrected chi connectivity index (χ1v) is 6.69. The Balaban J connectivity index is 2.64. The van der Waals surface area contributed by atoms with Gasteiger partial charge in [0.1, 0.15) is 5.75 Å². The zero-order valence-electron chi connectivity index (χ0n) is 12.3. The van der Waals surface area contributed by atoms with Gasteiger partial charge in [0.15, 0.2) is 11.6 Å². The molecule has 0 N–H and O–H groups in total.